The SMILES string of the molecule is COc1ccc(Cl)cc1N(C)CCC1CCCN1. The van der Waals surface area contributed by atoms with Gasteiger partial charge in [0.15, 0.2) is 0 Å². The highest BCUT2D eigenvalue weighted by Gasteiger charge is 2.15. The lowest BCUT2D eigenvalue weighted by atomic mass is 10.1. The van der Waals surface area contributed by atoms with E-state index in [4.69, 9.17) is 16.3 Å². The van der Waals surface area contributed by atoms with E-state index in [2.05, 4.69) is 17.3 Å². The number of ether oxygens (including phenoxy) is 1. The second-order valence-corrected chi connectivity index (χ2v) is 5.26. The summed E-state index contributed by atoms with van der Waals surface area (Å²) in [5.41, 5.74) is 1.06. The zero-order chi connectivity index (χ0) is 13.0. The van der Waals surface area contributed by atoms with E-state index < -0.39 is 0 Å². The summed E-state index contributed by atoms with van der Waals surface area (Å²) in [4.78, 5) is 2.21. The zero-order valence-electron chi connectivity index (χ0n) is 11.1. The first kappa shape index (κ1) is 13.5. The van der Waals surface area contributed by atoms with Crippen molar-refractivity contribution >= 4 is 17.3 Å². The second-order valence-electron chi connectivity index (χ2n) is 4.82. The Bertz CT molecular complexity index is 391. The van der Waals surface area contributed by atoms with E-state index in [0.717, 1.165) is 36.0 Å². The molecule has 1 heterocycles. The van der Waals surface area contributed by atoms with E-state index in [1.165, 1.54) is 12.8 Å². The molecule has 0 aromatic heterocycles. The minimum absolute atomic E-state index is 0.664. The van der Waals surface area contributed by atoms with Gasteiger partial charge >= 0.3 is 0 Å². The quantitative estimate of drug-likeness (QED) is 0.889. The van der Waals surface area contributed by atoms with Gasteiger partial charge in [-0.1, -0.05) is 11.6 Å². The summed E-state index contributed by atoms with van der Waals surface area (Å²) in [6.07, 6.45) is 3.75. The lowest BCUT2D eigenvalue weighted by molar-refractivity contribution is 0.414. The molecular weight excluding hydrogens is 248 g/mol. The molecule has 3 nitrogen and oxygen atoms in total. The molecular formula is C14H21ClN2O. The van der Waals surface area contributed by atoms with Gasteiger partial charge in [0.2, 0.25) is 0 Å². The van der Waals surface area contributed by atoms with Gasteiger partial charge in [-0.15, -0.1) is 0 Å². The number of rotatable bonds is 5. The van der Waals surface area contributed by atoms with Crippen molar-refractivity contribution in [3.05, 3.63) is 23.2 Å². The molecule has 1 saturated heterocycles. The van der Waals surface area contributed by atoms with Crippen LogP contribution in [0.4, 0.5) is 5.69 Å². The highest BCUT2D eigenvalue weighted by atomic mass is 35.5. The molecule has 4 heteroatoms. The summed E-state index contributed by atoms with van der Waals surface area (Å²) in [5.74, 6) is 0.876. The Morgan fingerprint density at radius 1 is 1.50 bits per heavy atom. The minimum Gasteiger partial charge on any atom is -0.495 e. The summed E-state index contributed by atoms with van der Waals surface area (Å²) in [7, 11) is 3.78. The van der Waals surface area contributed by atoms with E-state index in [0.29, 0.717) is 6.04 Å². The number of hydrogen-bond acceptors (Lipinski definition) is 3. The van der Waals surface area contributed by atoms with Crippen molar-refractivity contribution < 1.29 is 4.74 Å². The number of methoxy groups -OCH3 is 1. The molecule has 1 aliphatic heterocycles. The fourth-order valence-electron chi connectivity index (χ4n) is 2.43. The molecule has 1 aromatic carbocycles. The fraction of sp³-hybridized carbons (Fsp3) is 0.571. The molecule has 1 aromatic rings. The van der Waals surface area contributed by atoms with Crippen molar-refractivity contribution in [3.8, 4) is 5.75 Å². The van der Waals surface area contributed by atoms with Crippen LogP contribution in [0.1, 0.15) is 19.3 Å². The molecule has 1 aliphatic rings. The number of halogens is 1. The van der Waals surface area contributed by atoms with Crippen LogP contribution in [0.25, 0.3) is 0 Å². The van der Waals surface area contributed by atoms with Crippen LogP contribution in [-0.4, -0.2) is 33.3 Å². The van der Waals surface area contributed by atoms with Gasteiger partial charge < -0.3 is 15.0 Å². The van der Waals surface area contributed by atoms with Gasteiger partial charge in [0, 0.05) is 24.7 Å². The maximum Gasteiger partial charge on any atom is 0.142 e. The number of anilines is 1. The van der Waals surface area contributed by atoms with Crippen molar-refractivity contribution in [2.24, 2.45) is 0 Å². The van der Waals surface area contributed by atoms with Crippen LogP contribution in [0.5, 0.6) is 5.75 Å². The molecule has 1 N–H and O–H groups in total. The lowest BCUT2D eigenvalue weighted by Gasteiger charge is -2.23. The number of benzene rings is 1. The monoisotopic (exact) mass is 268 g/mol. The summed E-state index contributed by atoms with van der Waals surface area (Å²) >= 11 is 6.05. The largest absolute Gasteiger partial charge is 0.495 e. The standard InChI is InChI=1S/C14H21ClN2O/c1-17(9-7-12-4-3-8-16-12)13-10-11(15)5-6-14(13)18-2/h5-6,10,12,16H,3-4,7-9H2,1-2H3. The second kappa shape index (κ2) is 6.30. The third-order valence-corrected chi connectivity index (χ3v) is 3.76. The molecule has 0 aliphatic carbocycles. The van der Waals surface area contributed by atoms with Crippen LogP contribution in [0.15, 0.2) is 18.2 Å². The maximum absolute atomic E-state index is 6.05. The highest BCUT2D eigenvalue weighted by molar-refractivity contribution is 6.30. The Labute approximate surface area is 114 Å². The minimum atomic E-state index is 0.664. The molecule has 100 valence electrons. The topological polar surface area (TPSA) is 24.5 Å². The number of nitrogens with zero attached hydrogens (tertiary/aromatic N) is 1. The molecule has 18 heavy (non-hydrogen) atoms. The van der Waals surface area contributed by atoms with Gasteiger partial charge in [0.25, 0.3) is 0 Å². The maximum atomic E-state index is 6.05. The molecule has 2 rings (SSSR count). The number of hydrogen-bond donors (Lipinski definition) is 1. The van der Waals surface area contributed by atoms with Crippen LogP contribution in [-0.2, 0) is 0 Å². The molecule has 0 spiro atoms. The Morgan fingerprint density at radius 3 is 3.00 bits per heavy atom. The zero-order valence-corrected chi connectivity index (χ0v) is 11.8. The van der Waals surface area contributed by atoms with E-state index in [1.54, 1.807) is 7.11 Å². The first-order chi connectivity index (χ1) is 8.70. The highest BCUT2D eigenvalue weighted by Crippen LogP contribution is 2.30. The third-order valence-electron chi connectivity index (χ3n) is 3.53. The van der Waals surface area contributed by atoms with E-state index >= 15 is 0 Å². The van der Waals surface area contributed by atoms with Crippen molar-refractivity contribution in [2.75, 3.05) is 32.1 Å². The normalized spacial score (nSPS) is 18.9. The van der Waals surface area contributed by atoms with Crippen LogP contribution in [0.3, 0.4) is 0 Å². The van der Waals surface area contributed by atoms with Gasteiger partial charge in [-0.2, -0.15) is 0 Å². The summed E-state index contributed by atoms with van der Waals surface area (Å²) in [6, 6.07) is 6.40. The fourth-order valence-corrected chi connectivity index (χ4v) is 2.60. The summed E-state index contributed by atoms with van der Waals surface area (Å²) < 4.78 is 5.38. The Morgan fingerprint density at radius 2 is 2.33 bits per heavy atom. The van der Waals surface area contributed by atoms with Crippen LogP contribution in [0, 0.1) is 0 Å². The van der Waals surface area contributed by atoms with Crippen molar-refractivity contribution in [3.63, 3.8) is 0 Å². The Kier molecular flexibility index (Phi) is 4.72. The average Bonchev–Trinajstić information content (AvgIpc) is 2.89. The van der Waals surface area contributed by atoms with Gasteiger partial charge in [0.05, 0.1) is 12.8 Å². The molecule has 1 atom stereocenters. The lowest BCUT2D eigenvalue weighted by Crippen LogP contribution is -2.28. The van der Waals surface area contributed by atoms with Crippen molar-refractivity contribution in [2.45, 2.75) is 25.3 Å². The van der Waals surface area contributed by atoms with Crippen LogP contribution in [0.2, 0.25) is 5.02 Å². The Balaban J connectivity index is 1.98. The first-order valence-corrected chi connectivity index (χ1v) is 6.86. The molecule has 1 unspecified atom stereocenters. The molecule has 0 amide bonds. The molecule has 0 saturated carbocycles. The van der Waals surface area contributed by atoms with Gasteiger partial charge in [0.1, 0.15) is 5.75 Å². The van der Waals surface area contributed by atoms with E-state index in [-0.39, 0.29) is 0 Å². The van der Waals surface area contributed by atoms with Gasteiger partial charge in [-0.25, -0.2) is 0 Å². The van der Waals surface area contributed by atoms with E-state index in [9.17, 15) is 0 Å². The number of nitrogens with one attached hydrogen (secondary N) is 1. The van der Waals surface area contributed by atoms with Crippen molar-refractivity contribution in [1.29, 1.82) is 0 Å². The van der Waals surface area contributed by atoms with Crippen LogP contribution < -0.4 is 15.0 Å². The predicted molar refractivity (Wildman–Crippen MR) is 76.9 cm³/mol. The van der Waals surface area contributed by atoms with Gasteiger partial charge in [-0.3, -0.25) is 0 Å². The molecule has 0 bridgehead atoms. The van der Waals surface area contributed by atoms with Crippen molar-refractivity contribution in [1.82, 2.24) is 5.32 Å². The summed E-state index contributed by atoms with van der Waals surface area (Å²) in [5, 5.41) is 4.27. The first-order valence-electron chi connectivity index (χ1n) is 6.49. The van der Waals surface area contributed by atoms with E-state index in [1.807, 2.05) is 18.2 Å². The average molecular weight is 269 g/mol. The third kappa shape index (κ3) is 3.30. The summed E-state index contributed by atoms with van der Waals surface area (Å²) in [6.45, 7) is 2.17. The van der Waals surface area contributed by atoms with Crippen LogP contribution >= 0.6 is 11.6 Å². The molecule has 1 fully saturated rings. The smallest absolute Gasteiger partial charge is 0.142 e. The predicted octanol–water partition coefficient (Wildman–Crippen LogP) is 2.93. The Hall–Kier alpha value is -0.930. The van der Waals surface area contributed by atoms with Gasteiger partial charge in [-0.05, 0) is 44.0 Å². The molecule has 0 radical (unpaired) electrons.